The normalized spacial score (nSPS) is 26.2. The molecule has 9 heteroatoms. The molecule has 0 aliphatic carbocycles. The third-order valence-corrected chi connectivity index (χ3v) is 8.03. The van der Waals surface area contributed by atoms with Crippen molar-refractivity contribution in [2.75, 3.05) is 16.4 Å². The Morgan fingerprint density at radius 3 is 2.64 bits per heavy atom. The van der Waals surface area contributed by atoms with Crippen LogP contribution in [-0.4, -0.2) is 42.3 Å². The van der Waals surface area contributed by atoms with Crippen LogP contribution in [0, 0.1) is 0 Å². The van der Waals surface area contributed by atoms with Crippen molar-refractivity contribution in [1.29, 1.82) is 0 Å². The van der Waals surface area contributed by atoms with Gasteiger partial charge in [0.05, 0.1) is 33.3 Å². The largest absolute Gasteiger partial charge is 0.313 e. The molecule has 0 unspecified atom stereocenters. The Balaban J connectivity index is 2.01. The molecule has 5 nitrogen and oxygen atoms in total. The average molecular weight is 421 g/mol. The van der Waals surface area contributed by atoms with E-state index in [1.807, 2.05) is 6.92 Å². The minimum Gasteiger partial charge on any atom is -0.313 e. The summed E-state index contributed by atoms with van der Waals surface area (Å²) in [6.07, 6.45) is 2.06. The van der Waals surface area contributed by atoms with E-state index in [1.165, 1.54) is 11.8 Å². The van der Waals surface area contributed by atoms with Gasteiger partial charge in [-0.1, -0.05) is 54.4 Å². The molecule has 2 saturated heterocycles. The van der Waals surface area contributed by atoms with E-state index in [0.29, 0.717) is 27.3 Å². The molecule has 0 radical (unpaired) electrons. The smallest absolute Gasteiger partial charge is 0.248 e. The molecule has 1 aromatic rings. The van der Waals surface area contributed by atoms with E-state index < -0.39 is 9.84 Å². The van der Waals surface area contributed by atoms with Crippen molar-refractivity contribution in [3.63, 3.8) is 0 Å². The van der Waals surface area contributed by atoms with Crippen LogP contribution in [0.25, 0.3) is 0 Å². The van der Waals surface area contributed by atoms with Gasteiger partial charge in [-0.2, -0.15) is 4.99 Å². The van der Waals surface area contributed by atoms with Crippen molar-refractivity contribution in [3.05, 3.63) is 28.2 Å². The number of halogens is 2. The van der Waals surface area contributed by atoms with Crippen molar-refractivity contribution < 1.29 is 13.2 Å². The zero-order chi connectivity index (χ0) is 18.2. The van der Waals surface area contributed by atoms with E-state index in [9.17, 15) is 13.2 Å². The number of carbonyl (C=O) groups is 1. The molecule has 25 heavy (non-hydrogen) atoms. The highest BCUT2D eigenvalue weighted by Gasteiger charge is 2.50. The molecule has 0 spiro atoms. The number of aliphatic imine (C=N–C) groups is 1. The maximum Gasteiger partial charge on any atom is 0.248 e. The third kappa shape index (κ3) is 3.99. The Labute approximate surface area is 161 Å². The predicted octanol–water partition coefficient (Wildman–Crippen LogP) is 3.79. The fourth-order valence-corrected chi connectivity index (χ4v) is 7.53. The first kappa shape index (κ1) is 19.0. The number of hydrogen-bond acceptors (Lipinski definition) is 4. The van der Waals surface area contributed by atoms with Crippen LogP contribution in [0.4, 0.5) is 5.69 Å². The van der Waals surface area contributed by atoms with Crippen molar-refractivity contribution in [2.45, 2.75) is 37.5 Å². The molecule has 0 N–H and O–H groups in total. The van der Waals surface area contributed by atoms with Gasteiger partial charge in [-0.15, -0.1) is 0 Å². The van der Waals surface area contributed by atoms with Crippen molar-refractivity contribution in [2.24, 2.45) is 4.99 Å². The molecule has 0 bridgehead atoms. The summed E-state index contributed by atoms with van der Waals surface area (Å²) in [5.74, 6) is -0.127. The summed E-state index contributed by atoms with van der Waals surface area (Å²) >= 11 is 14.0. The van der Waals surface area contributed by atoms with Crippen LogP contribution in [0.3, 0.4) is 0 Å². The summed E-state index contributed by atoms with van der Waals surface area (Å²) in [6, 6.07) is 4.80. The fraction of sp³-hybridized carbons (Fsp3) is 0.500. The highest BCUT2D eigenvalue weighted by molar-refractivity contribution is 8.16. The summed E-state index contributed by atoms with van der Waals surface area (Å²) in [5.41, 5.74) is 0.518. The van der Waals surface area contributed by atoms with E-state index in [2.05, 4.69) is 4.99 Å². The number of fused-ring (bicyclic) bond motifs is 1. The summed E-state index contributed by atoms with van der Waals surface area (Å²) < 4.78 is 24.1. The van der Waals surface area contributed by atoms with Crippen LogP contribution in [0.15, 0.2) is 23.2 Å². The van der Waals surface area contributed by atoms with Gasteiger partial charge in [0.25, 0.3) is 0 Å². The van der Waals surface area contributed by atoms with Gasteiger partial charge < -0.3 is 4.90 Å². The minimum absolute atomic E-state index is 0.00832. The van der Waals surface area contributed by atoms with E-state index in [1.54, 1.807) is 23.1 Å². The molecule has 136 valence electrons. The first-order chi connectivity index (χ1) is 11.8. The minimum atomic E-state index is -3.13. The van der Waals surface area contributed by atoms with Crippen LogP contribution < -0.4 is 4.90 Å². The van der Waals surface area contributed by atoms with E-state index in [4.69, 9.17) is 23.2 Å². The number of hydrogen-bond donors (Lipinski definition) is 0. The lowest BCUT2D eigenvalue weighted by molar-refractivity contribution is -0.117. The van der Waals surface area contributed by atoms with Gasteiger partial charge in [-0.25, -0.2) is 8.42 Å². The molecule has 2 aliphatic heterocycles. The monoisotopic (exact) mass is 420 g/mol. The number of carbonyl (C=O) groups excluding carboxylic acids is 1. The number of benzene rings is 1. The molecule has 2 aliphatic rings. The van der Waals surface area contributed by atoms with Crippen molar-refractivity contribution in [3.8, 4) is 0 Å². The molecule has 3 rings (SSSR count). The number of anilines is 1. The first-order valence-corrected chi connectivity index (χ1v) is 11.5. The topological polar surface area (TPSA) is 66.8 Å². The highest BCUT2D eigenvalue weighted by Crippen LogP contribution is 2.45. The van der Waals surface area contributed by atoms with Gasteiger partial charge in [0.15, 0.2) is 15.0 Å². The lowest BCUT2D eigenvalue weighted by Crippen LogP contribution is -2.38. The van der Waals surface area contributed by atoms with E-state index in [-0.39, 0.29) is 28.7 Å². The number of unbranched alkanes of at least 4 members (excludes halogenated alkanes) is 1. The van der Waals surface area contributed by atoms with Crippen LogP contribution in [0.2, 0.25) is 10.0 Å². The van der Waals surface area contributed by atoms with Crippen molar-refractivity contribution in [1.82, 2.24) is 0 Å². The molecular weight excluding hydrogens is 403 g/mol. The lowest BCUT2D eigenvalue weighted by Gasteiger charge is -2.26. The average Bonchev–Trinajstić information content (AvgIpc) is 2.97. The zero-order valence-corrected chi connectivity index (χ0v) is 16.8. The number of amidine groups is 1. The number of para-hydroxylation sites is 1. The second-order valence-electron chi connectivity index (χ2n) is 6.13. The summed E-state index contributed by atoms with van der Waals surface area (Å²) in [4.78, 5) is 18.1. The van der Waals surface area contributed by atoms with Crippen LogP contribution >= 0.6 is 35.0 Å². The van der Waals surface area contributed by atoms with Gasteiger partial charge >= 0.3 is 0 Å². The SMILES string of the molecule is CCCCC(=O)N=C1S[C@@H]2CS(=O)(=O)C[C@H]2N1c1c(Cl)cccc1Cl. The fourth-order valence-electron chi connectivity index (χ4n) is 3.04. The van der Waals surface area contributed by atoms with Crippen molar-refractivity contribution >= 4 is 61.6 Å². The zero-order valence-electron chi connectivity index (χ0n) is 13.6. The van der Waals surface area contributed by atoms with Crippen LogP contribution in [0.5, 0.6) is 0 Å². The molecule has 0 saturated carbocycles. The molecular formula is C16H18Cl2N2O3S2. The number of nitrogens with zero attached hydrogens (tertiary/aromatic N) is 2. The Morgan fingerprint density at radius 1 is 1.32 bits per heavy atom. The standard InChI is InChI=1S/C16H18Cl2N2O3S2/c1-2-3-7-14(21)19-16-20(15-10(17)5-4-6-11(15)18)12-8-25(22,23)9-13(12)24-16/h4-6,12-13H,2-3,7-9H2,1H3/t12-,13-/m1/s1. The van der Waals surface area contributed by atoms with Gasteiger partial charge in [0, 0.05) is 11.7 Å². The Morgan fingerprint density at radius 2 is 2.00 bits per heavy atom. The summed E-state index contributed by atoms with van der Waals surface area (Å²) in [5, 5.41) is 1.13. The first-order valence-electron chi connectivity index (χ1n) is 8.04. The van der Waals surface area contributed by atoms with Crippen LogP contribution in [-0.2, 0) is 14.6 Å². The molecule has 1 amide bonds. The maximum absolute atomic E-state index is 12.1. The number of amides is 1. The molecule has 2 heterocycles. The Hall–Kier alpha value is -0.760. The number of rotatable bonds is 4. The lowest BCUT2D eigenvalue weighted by atomic mass is 10.2. The third-order valence-electron chi connectivity index (χ3n) is 4.21. The highest BCUT2D eigenvalue weighted by atomic mass is 35.5. The van der Waals surface area contributed by atoms with Gasteiger partial charge in [0.2, 0.25) is 5.91 Å². The Kier molecular flexibility index (Phi) is 5.68. The maximum atomic E-state index is 12.1. The quantitative estimate of drug-likeness (QED) is 0.740. The molecule has 0 aromatic heterocycles. The molecule has 2 atom stereocenters. The summed E-state index contributed by atoms with van der Waals surface area (Å²) in [7, 11) is -3.13. The molecule has 2 fully saturated rings. The second kappa shape index (κ2) is 7.47. The number of thioether (sulfide) groups is 1. The van der Waals surface area contributed by atoms with E-state index in [0.717, 1.165) is 12.8 Å². The van der Waals surface area contributed by atoms with Gasteiger partial charge in [-0.3, -0.25) is 4.79 Å². The number of sulfone groups is 1. The van der Waals surface area contributed by atoms with E-state index >= 15 is 0 Å². The predicted molar refractivity (Wildman–Crippen MR) is 105 cm³/mol. The summed E-state index contributed by atoms with van der Waals surface area (Å²) in [6.45, 7) is 2.01. The molecule has 1 aromatic carbocycles. The van der Waals surface area contributed by atoms with Gasteiger partial charge in [-0.05, 0) is 18.6 Å². The Bertz CT molecular complexity index is 806. The second-order valence-corrected chi connectivity index (χ2v) is 10.3. The van der Waals surface area contributed by atoms with Gasteiger partial charge in [0.1, 0.15) is 0 Å². The van der Waals surface area contributed by atoms with Crippen LogP contribution in [0.1, 0.15) is 26.2 Å².